The summed E-state index contributed by atoms with van der Waals surface area (Å²) in [7, 11) is 0. The van der Waals surface area contributed by atoms with Crippen molar-refractivity contribution >= 4 is 5.91 Å². The predicted molar refractivity (Wildman–Crippen MR) is 59.5 cm³/mol. The first kappa shape index (κ1) is 12.5. The molecule has 1 aliphatic heterocycles. The Bertz CT molecular complexity index is 201. The molecule has 1 rings (SSSR count). The van der Waals surface area contributed by atoms with E-state index < -0.39 is 0 Å². The molecule has 4 heteroatoms. The second-order valence-electron chi connectivity index (χ2n) is 4.55. The van der Waals surface area contributed by atoms with Gasteiger partial charge in [-0.2, -0.15) is 0 Å². The zero-order valence-electron chi connectivity index (χ0n) is 9.62. The molecule has 0 radical (unpaired) electrons. The molecule has 1 amide bonds. The number of hydrogen-bond acceptors (Lipinski definition) is 3. The predicted octanol–water partition coefficient (Wildman–Crippen LogP) is 0.404. The minimum atomic E-state index is -0.357. The molecule has 0 saturated carbocycles. The van der Waals surface area contributed by atoms with Crippen LogP contribution in [0.1, 0.15) is 39.5 Å². The van der Waals surface area contributed by atoms with Crippen LogP contribution in [0, 0.1) is 0 Å². The first-order valence-corrected chi connectivity index (χ1v) is 5.78. The Kier molecular flexibility index (Phi) is 5.05. The number of aliphatic hydroxyl groups excluding tert-OH is 1. The van der Waals surface area contributed by atoms with E-state index in [1.165, 1.54) is 6.42 Å². The van der Waals surface area contributed by atoms with Gasteiger partial charge in [-0.25, -0.2) is 0 Å². The number of rotatable bonds is 5. The molecule has 0 aromatic rings. The lowest BCUT2D eigenvalue weighted by Gasteiger charge is -2.17. The largest absolute Gasteiger partial charge is 0.393 e. The van der Waals surface area contributed by atoms with Gasteiger partial charge in [0.15, 0.2) is 0 Å². The maximum atomic E-state index is 11.6. The molecule has 1 fully saturated rings. The Morgan fingerprint density at radius 3 is 2.87 bits per heavy atom. The van der Waals surface area contributed by atoms with E-state index in [4.69, 9.17) is 5.11 Å². The Morgan fingerprint density at radius 2 is 2.33 bits per heavy atom. The van der Waals surface area contributed by atoms with Crippen LogP contribution in [0.2, 0.25) is 0 Å². The molecular weight excluding hydrogens is 192 g/mol. The maximum Gasteiger partial charge on any atom is 0.221 e. The molecule has 3 N–H and O–H groups in total. The molecule has 4 nitrogen and oxygen atoms in total. The van der Waals surface area contributed by atoms with Crippen LogP contribution < -0.4 is 10.6 Å². The average Bonchev–Trinajstić information content (AvgIpc) is 2.53. The highest BCUT2D eigenvalue weighted by Crippen LogP contribution is 2.08. The fourth-order valence-corrected chi connectivity index (χ4v) is 2.06. The van der Waals surface area contributed by atoms with Gasteiger partial charge >= 0.3 is 0 Å². The summed E-state index contributed by atoms with van der Waals surface area (Å²) in [5.41, 5.74) is 0. The second-order valence-corrected chi connectivity index (χ2v) is 4.55. The Labute approximate surface area is 91.4 Å². The van der Waals surface area contributed by atoms with Crippen molar-refractivity contribution in [3.8, 4) is 0 Å². The summed E-state index contributed by atoms with van der Waals surface area (Å²) in [6.07, 6.45) is 3.08. The van der Waals surface area contributed by atoms with Gasteiger partial charge < -0.3 is 15.7 Å². The first-order chi connectivity index (χ1) is 7.08. The summed E-state index contributed by atoms with van der Waals surface area (Å²) >= 11 is 0. The van der Waals surface area contributed by atoms with Crippen LogP contribution in [0.3, 0.4) is 0 Å². The van der Waals surface area contributed by atoms with Gasteiger partial charge in [-0.3, -0.25) is 4.79 Å². The summed E-state index contributed by atoms with van der Waals surface area (Å²) in [6.45, 7) is 4.69. The minimum Gasteiger partial charge on any atom is -0.393 e. The fraction of sp³-hybridized carbons (Fsp3) is 0.909. The van der Waals surface area contributed by atoms with Gasteiger partial charge in [0.2, 0.25) is 5.91 Å². The van der Waals surface area contributed by atoms with Gasteiger partial charge in [-0.15, -0.1) is 0 Å². The molecule has 3 atom stereocenters. The zero-order chi connectivity index (χ0) is 11.3. The highest BCUT2D eigenvalue weighted by Gasteiger charge is 2.18. The average molecular weight is 214 g/mol. The first-order valence-electron chi connectivity index (χ1n) is 5.78. The van der Waals surface area contributed by atoms with Crippen molar-refractivity contribution in [1.82, 2.24) is 10.6 Å². The molecule has 1 heterocycles. The molecule has 1 aliphatic rings. The van der Waals surface area contributed by atoms with E-state index in [1.807, 2.05) is 6.92 Å². The van der Waals surface area contributed by atoms with Gasteiger partial charge in [-0.05, 0) is 39.7 Å². The van der Waals surface area contributed by atoms with Crippen LogP contribution >= 0.6 is 0 Å². The van der Waals surface area contributed by atoms with Crippen molar-refractivity contribution in [3.05, 3.63) is 0 Å². The molecule has 0 aromatic carbocycles. The molecule has 1 saturated heterocycles. The molecule has 0 aliphatic carbocycles. The van der Waals surface area contributed by atoms with Crippen molar-refractivity contribution in [2.45, 2.75) is 57.7 Å². The van der Waals surface area contributed by atoms with Crippen molar-refractivity contribution in [3.63, 3.8) is 0 Å². The Morgan fingerprint density at radius 1 is 1.60 bits per heavy atom. The van der Waals surface area contributed by atoms with Crippen molar-refractivity contribution in [2.24, 2.45) is 0 Å². The SMILES string of the molecule is CC(O)CC(C)NC(=O)CC1CCCN1. The maximum absolute atomic E-state index is 11.6. The number of amides is 1. The van der Waals surface area contributed by atoms with Gasteiger partial charge in [-0.1, -0.05) is 0 Å². The van der Waals surface area contributed by atoms with Crippen molar-refractivity contribution in [2.75, 3.05) is 6.54 Å². The zero-order valence-corrected chi connectivity index (χ0v) is 9.62. The van der Waals surface area contributed by atoms with Crippen molar-refractivity contribution < 1.29 is 9.90 Å². The van der Waals surface area contributed by atoms with Crippen molar-refractivity contribution in [1.29, 1.82) is 0 Å². The summed E-state index contributed by atoms with van der Waals surface area (Å²) in [5.74, 6) is 0.0857. The van der Waals surface area contributed by atoms with E-state index in [1.54, 1.807) is 6.92 Å². The van der Waals surface area contributed by atoms with E-state index in [9.17, 15) is 4.79 Å². The highest BCUT2D eigenvalue weighted by atomic mass is 16.3. The number of carbonyl (C=O) groups excluding carboxylic acids is 1. The summed E-state index contributed by atoms with van der Waals surface area (Å²) < 4.78 is 0. The van der Waals surface area contributed by atoms with Crippen LogP contribution in [0.25, 0.3) is 0 Å². The van der Waals surface area contributed by atoms with Crippen LogP contribution in [0.4, 0.5) is 0 Å². The van der Waals surface area contributed by atoms with Crippen LogP contribution in [0.5, 0.6) is 0 Å². The lowest BCUT2D eigenvalue weighted by Crippen LogP contribution is -2.38. The van der Waals surface area contributed by atoms with E-state index in [2.05, 4.69) is 10.6 Å². The fourth-order valence-electron chi connectivity index (χ4n) is 2.06. The molecule has 0 spiro atoms. The molecule has 88 valence electrons. The van der Waals surface area contributed by atoms with Crippen LogP contribution in [-0.4, -0.2) is 35.7 Å². The summed E-state index contributed by atoms with van der Waals surface area (Å²) in [6, 6.07) is 0.405. The lowest BCUT2D eigenvalue weighted by molar-refractivity contribution is -0.122. The van der Waals surface area contributed by atoms with Gasteiger partial charge in [0.1, 0.15) is 0 Å². The number of nitrogens with one attached hydrogen (secondary N) is 2. The van der Waals surface area contributed by atoms with E-state index >= 15 is 0 Å². The minimum absolute atomic E-state index is 0.0545. The van der Waals surface area contributed by atoms with Gasteiger partial charge in [0.25, 0.3) is 0 Å². The standard InChI is InChI=1S/C11H22N2O2/c1-8(6-9(2)14)13-11(15)7-10-4-3-5-12-10/h8-10,12,14H,3-7H2,1-2H3,(H,13,15). The molecular formula is C11H22N2O2. The quantitative estimate of drug-likeness (QED) is 0.621. The van der Waals surface area contributed by atoms with E-state index in [0.29, 0.717) is 18.9 Å². The summed E-state index contributed by atoms with van der Waals surface area (Å²) in [5, 5.41) is 15.3. The smallest absolute Gasteiger partial charge is 0.221 e. The highest BCUT2D eigenvalue weighted by molar-refractivity contribution is 5.76. The number of carbonyl (C=O) groups is 1. The number of aliphatic hydroxyl groups is 1. The third kappa shape index (κ3) is 5.14. The Hall–Kier alpha value is -0.610. The normalized spacial score (nSPS) is 24.9. The summed E-state index contributed by atoms with van der Waals surface area (Å²) in [4.78, 5) is 11.6. The topological polar surface area (TPSA) is 61.4 Å². The molecule has 15 heavy (non-hydrogen) atoms. The van der Waals surface area contributed by atoms with Gasteiger partial charge in [0, 0.05) is 18.5 Å². The number of hydrogen-bond donors (Lipinski definition) is 3. The molecule has 0 bridgehead atoms. The van der Waals surface area contributed by atoms with E-state index in [-0.39, 0.29) is 18.1 Å². The third-order valence-corrected chi connectivity index (χ3v) is 2.70. The van der Waals surface area contributed by atoms with Crippen LogP contribution in [-0.2, 0) is 4.79 Å². The van der Waals surface area contributed by atoms with E-state index in [0.717, 1.165) is 13.0 Å². The molecule has 0 aromatic heterocycles. The van der Waals surface area contributed by atoms with Crippen LogP contribution in [0.15, 0.2) is 0 Å². The monoisotopic (exact) mass is 214 g/mol. The Balaban J connectivity index is 2.16. The third-order valence-electron chi connectivity index (χ3n) is 2.70. The second kappa shape index (κ2) is 6.08. The van der Waals surface area contributed by atoms with Gasteiger partial charge in [0.05, 0.1) is 6.10 Å². The molecule has 3 unspecified atom stereocenters. The lowest BCUT2D eigenvalue weighted by atomic mass is 10.1.